The van der Waals surface area contributed by atoms with Gasteiger partial charge in [0, 0.05) is 19.2 Å². The first-order valence-electron chi connectivity index (χ1n) is 11.2. The summed E-state index contributed by atoms with van der Waals surface area (Å²) in [4.78, 5) is 26.4. The van der Waals surface area contributed by atoms with Gasteiger partial charge in [0.2, 0.25) is 5.91 Å². The molecule has 32 heavy (non-hydrogen) atoms. The molecule has 0 unspecified atom stereocenters. The fourth-order valence-corrected chi connectivity index (χ4v) is 3.75. The van der Waals surface area contributed by atoms with Crippen LogP contribution in [-0.4, -0.2) is 30.1 Å². The molecule has 0 saturated heterocycles. The van der Waals surface area contributed by atoms with Gasteiger partial charge < -0.3 is 15.3 Å². The molecule has 0 spiro atoms. The van der Waals surface area contributed by atoms with Crippen molar-refractivity contribution in [2.75, 3.05) is 23.3 Å². The molecule has 0 aliphatic rings. The summed E-state index contributed by atoms with van der Waals surface area (Å²) in [7, 11) is 0. The molecule has 2 aromatic carbocycles. The number of carboxylic acids is 1. The van der Waals surface area contributed by atoms with E-state index in [0.717, 1.165) is 35.5 Å². The van der Waals surface area contributed by atoms with E-state index in [1.165, 1.54) is 6.08 Å². The van der Waals surface area contributed by atoms with Crippen LogP contribution in [0, 0.1) is 18.8 Å². The molecule has 5 heteroatoms. The van der Waals surface area contributed by atoms with E-state index in [9.17, 15) is 9.59 Å². The zero-order valence-corrected chi connectivity index (χ0v) is 20.1. The van der Waals surface area contributed by atoms with Crippen molar-refractivity contribution >= 4 is 28.8 Å². The van der Waals surface area contributed by atoms with Gasteiger partial charge in [-0.1, -0.05) is 58.0 Å². The second-order valence-corrected chi connectivity index (χ2v) is 9.24. The smallest absolute Gasteiger partial charge is 0.328 e. The predicted octanol–water partition coefficient (Wildman–Crippen LogP) is 5.78. The van der Waals surface area contributed by atoms with E-state index in [-0.39, 0.29) is 12.3 Å². The van der Waals surface area contributed by atoms with Crippen LogP contribution in [0.15, 0.2) is 48.5 Å². The number of allylic oxidation sites excluding steroid dienone is 1. The number of carbonyl (C=O) groups excluding carboxylic acids is 1. The minimum absolute atomic E-state index is 0.0911. The van der Waals surface area contributed by atoms with Crippen LogP contribution in [-0.2, 0) is 16.0 Å². The van der Waals surface area contributed by atoms with Crippen molar-refractivity contribution < 1.29 is 14.7 Å². The van der Waals surface area contributed by atoms with Crippen LogP contribution in [0.1, 0.15) is 51.3 Å². The molecule has 0 bridgehead atoms. The van der Waals surface area contributed by atoms with Crippen molar-refractivity contribution in [1.29, 1.82) is 0 Å². The van der Waals surface area contributed by atoms with Gasteiger partial charge in [0.05, 0.1) is 17.8 Å². The van der Waals surface area contributed by atoms with Gasteiger partial charge in [-0.05, 0) is 60.1 Å². The third-order valence-electron chi connectivity index (χ3n) is 5.19. The lowest BCUT2D eigenvalue weighted by molar-refractivity contribution is -0.131. The average molecular weight is 437 g/mol. The van der Waals surface area contributed by atoms with Crippen LogP contribution < -0.4 is 10.2 Å². The summed E-state index contributed by atoms with van der Waals surface area (Å²) >= 11 is 0. The molecule has 0 atom stereocenters. The summed E-state index contributed by atoms with van der Waals surface area (Å²) in [6.07, 6.45) is 1.47. The van der Waals surface area contributed by atoms with Crippen LogP contribution in [0.4, 0.5) is 11.4 Å². The van der Waals surface area contributed by atoms with E-state index in [4.69, 9.17) is 5.11 Å². The maximum Gasteiger partial charge on any atom is 0.328 e. The standard InChI is InChI=1S/C27H36N2O3/c1-18(2)16-29(17-19(3)4)25-12-11-23(21(6)13-27(31)32)14-24(25)28-26(30)15-22-10-8-7-9-20(22)5/h7-14,18-19H,15-17H2,1-6H3,(H,28,30)(H,31,32)/b21-13+. The summed E-state index contributed by atoms with van der Waals surface area (Å²) in [6.45, 7) is 14.2. The van der Waals surface area contributed by atoms with Crippen LogP contribution >= 0.6 is 0 Å². The Bertz CT molecular complexity index is 967. The van der Waals surface area contributed by atoms with Gasteiger partial charge in [-0.15, -0.1) is 0 Å². The quantitative estimate of drug-likeness (QED) is 0.463. The Morgan fingerprint density at radius 1 is 1.03 bits per heavy atom. The summed E-state index contributed by atoms with van der Waals surface area (Å²) in [6, 6.07) is 13.7. The predicted molar refractivity (Wildman–Crippen MR) is 133 cm³/mol. The lowest BCUT2D eigenvalue weighted by Gasteiger charge is -2.31. The first-order valence-corrected chi connectivity index (χ1v) is 11.2. The fraction of sp³-hybridized carbons (Fsp3) is 0.407. The molecule has 0 aliphatic heterocycles. The molecule has 0 saturated carbocycles. The van der Waals surface area contributed by atoms with E-state index >= 15 is 0 Å². The molecule has 5 nitrogen and oxygen atoms in total. The van der Waals surface area contributed by atoms with Crippen molar-refractivity contribution in [3.05, 3.63) is 65.2 Å². The maximum absolute atomic E-state index is 13.0. The Morgan fingerprint density at radius 3 is 2.22 bits per heavy atom. The van der Waals surface area contributed by atoms with Crippen molar-refractivity contribution in [2.24, 2.45) is 11.8 Å². The zero-order chi connectivity index (χ0) is 23.8. The SMILES string of the molecule is C/C(=C\C(=O)O)c1ccc(N(CC(C)C)CC(C)C)c(NC(=O)Cc2ccccc2C)c1. The largest absolute Gasteiger partial charge is 0.478 e. The van der Waals surface area contributed by atoms with Gasteiger partial charge in [0.25, 0.3) is 0 Å². The van der Waals surface area contributed by atoms with Gasteiger partial charge in [0.1, 0.15) is 0 Å². The number of aliphatic carboxylic acids is 1. The molecule has 2 rings (SSSR count). The van der Waals surface area contributed by atoms with Crippen LogP contribution in [0.5, 0.6) is 0 Å². The number of hydrogen-bond acceptors (Lipinski definition) is 3. The number of amides is 1. The molecule has 0 aliphatic carbocycles. The highest BCUT2D eigenvalue weighted by molar-refractivity contribution is 5.97. The Hall–Kier alpha value is -3.08. The number of nitrogens with one attached hydrogen (secondary N) is 1. The Kier molecular flexibility index (Phi) is 9.06. The Labute approximate surface area is 192 Å². The van der Waals surface area contributed by atoms with E-state index in [1.54, 1.807) is 6.92 Å². The molecule has 0 radical (unpaired) electrons. The minimum atomic E-state index is -0.988. The van der Waals surface area contributed by atoms with Crippen molar-refractivity contribution in [3.63, 3.8) is 0 Å². The number of benzene rings is 2. The Balaban J connectivity index is 2.44. The lowest BCUT2D eigenvalue weighted by atomic mass is 10.0. The second-order valence-electron chi connectivity index (χ2n) is 9.24. The molecular weight excluding hydrogens is 400 g/mol. The van der Waals surface area contributed by atoms with Crippen molar-refractivity contribution in [3.8, 4) is 0 Å². The maximum atomic E-state index is 13.0. The van der Waals surface area contributed by atoms with Gasteiger partial charge >= 0.3 is 5.97 Å². The van der Waals surface area contributed by atoms with Crippen molar-refractivity contribution in [1.82, 2.24) is 0 Å². The molecular formula is C27H36N2O3. The molecule has 2 N–H and O–H groups in total. The zero-order valence-electron chi connectivity index (χ0n) is 20.1. The number of anilines is 2. The normalized spacial score (nSPS) is 11.7. The number of aryl methyl sites for hydroxylation is 1. The van der Waals surface area contributed by atoms with Crippen LogP contribution in [0.25, 0.3) is 5.57 Å². The lowest BCUT2D eigenvalue weighted by Crippen LogP contribution is -2.32. The number of rotatable bonds is 10. The number of carboxylic acid groups (broad SMARTS) is 1. The highest BCUT2D eigenvalue weighted by Gasteiger charge is 2.17. The summed E-state index contributed by atoms with van der Waals surface area (Å²) in [5.41, 5.74) is 5.15. The fourth-order valence-electron chi connectivity index (χ4n) is 3.75. The first-order chi connectivity index (χ1) is 15.1. The number of carbonyl (C=O) groups is 2. The molecule has 0 heterocycles. The van der Waals surface area contributed by atoms with E-state index in [0.29, 0.717) is 23.1 Å². The highest BCUT2D eigenvalue weighted by Crippen LogP contribution is 2.31. The van der Waals surface area contributed by atoms with Gasteiger partial charge in [0.15, 0.2) is 0 Å². The van der Waals surface area contributed by atoms with Crippen LogP contribution in [0.3, 0.4) is 0 Å². The van der Waals surface area contributed by atoms with E-state index in [2.05, 4.69) is 37.9 Å². The monoisotopic (exact) mass is 436 g/mol. The van der Waals surface area contributed by atoms with E-state index < -0.39 is 5.97 Å². The first kappa shape index (κ1) is 25.2. The minimum Gasteiger partial charge on any atom is -0.478 e. The summed E-state index contributed by atoms with van der Waals surface area (Å²) in [5.74, 6) is -0.167. The number of hydrogen-bond donors (Lipinski definition) is 2. The van der Waals surface area contributed by atoms with Gasteiger partial charge in [-0.3, -0.25) is 4.79 Å². The summed E-state index contributed by atoms with van der Waals surface area (Å²) < 4.78 is 0. The molecule has 0 fully saturated rings. The number of nitrogens with zero attached hydrogens (tertiary/aromatic N) is 1. The van der Waals surface area contributed by atoms with Gasteiger partial charge in [-0.25, -0.2) is 4.79 Å². The average Bonchev–Trinajstić information content (AvgIpc) is 2.68. The highest BCUT2D eigenvalue weighted by atomic mass is 16.4. The van der Waals surface area contributed by atoms with Gasteiger partial charge in [-0.2, -0.15) is 0 Å². The summed E-state index contributed by atoms with van der Waals surface area (Å²) in [5, 5.41) is 12.2. The molecule has 1 amide bonds. The second kappa shape index (κ2) is 11.5. The topological polar surface area (TPSA) is 69.6 Å². The third-order valence-corrected chi connectivity index (χ3v) is 5.19. The Morgan fingerprint density at radius 2 is 1.66 bits per heavy atom. The molecule has 172 valence electrons. The van der Waals surface area contributed by atoms with Crippen LogP contribution in [0.2, 0.25) is 0 Å². The molecule has 2 aromatic rings. The van der Waals surface area contributed by atoms with Crippen molar-refractivity contribution in [2.45, 2.75) is 48.0 Å². The van der Waals surface area contributed by atoms with E-state index in [1.807, 2.05) is 49.4 Å². The molecule has 0 aromatic heterocycles. The third kappa shape index (κ3) is 7.56.